The van der Waals surface area contributed by atoms with E-state index in [1.807, 2.05) is 19.9 Å². The third-order valence-corrected chi connectivity index (χ3v) is 5.08. The fourth-order valence-corrected chi connectivity index (χ4v) is 3.38. The van der Waals surface area contributed by atoms with Gasteiger partial charge in [-0.25, -0.2) is 20.2 Å². The number of nitrogens with zero attached hydrogens (tertiary/aromatic N) is 3. The molecule has 0 aliphatic heterocycles. The molecule has 0 atom stereocenters. The molecule has 1 heterocycles. The Morgan fingerprint density at radius 1 is 1.17 bits per heavy atom. The topological polar surface area (TPSA) is 112 Å². The van der Waals surface area contributed by atoms with E-state index in [1.165, 1.54) is 32.2 Å². The summed E-state index contributed by atoms with van der Waals surface area (Å²) in [6.45, 7) is 3.51. The number of esters is 1. The van der Waals surface area contributed by atoms with Gasteiger partial charge in [0.25, 0.3) is 5.91 Å². The van der Waals surface area contributed by atoms with Gasteiger partial charge in [-0.05, 0) is 48.0 Å². The maximum absolute atomic E-state index is 12.0. The standard InChI is InChI=1S/C19H21BrN4O5S/c1-11-5-12(2)23-19(22-11)30-10-17(25)24-21-8-13-6-15(27-3)16(7-14(13)20)29-9-18(26)28-4/h5-8H,9-10H2,1-4H3,(H,24,25)/b21-8-. The van der Waals surface area contributed by atoms with E-state index in [4.69, 9.17) is 9.47 Å². The van der Waals surface area contributed by atoms with Crippen LogP contribution < -0.4 is 14.9 Å². The summed E-state index contributed by atoms with van der Waals surface area (Å²) < 4.78 is 15.9. The first kappa shape index (κ1) is 23.6. The van der Waals surface area contributed by atoms with E-state index in [0.717, 1.165) is 11.4 Å². The summed E-state index contributed by atoms with van der Waals surface area (Å²) in [6.07, 6.45) is 1.46. The molecule has 9 nitrogen and oxygen atoms in total. The fraction of sp³-hybridized carbons (Fsp3) is 0.316. The number of rotatable bonds is 9. The lowest BCUT2D eigenvalue weighted by molar-refractivity contribution is -0.142. The molecule has 0 aliphatic carbocycles. The number of hydrogen-bond acceptors (Lipinski definition) is 9. The molecule has 1 aromatic carbocycles. The molecule has 2 rings (SSSR count). The molecule has 1 N–H and O–H groups in total. The van der Waals surface area contributed by atoms with Gasteiger partial charge in [0, 0.05) is 21.4 Å². The number of benzene rings is 1. The van der Waals surface area contributed by atoms with Crippen molar-refractivity contribution in [2.45, 2.75) is 19.0 Å². The number of hydrogen-bond donors (Lipinski definition) is 1. The van der Waals surface area contributed by atoms with E-state index in [9.17, 15) is 9.59 Å². The maximum atomic E-state index is 12.0. The lowest BCUT2D eigenvalue weighted by Gasteiger charge is -2.11. The summed E-state index contributed by atoms with van der Waals surface area (Å²) in [6, 6.07) is 5.16. The number of nitrogens with one attached hydrogen (secondary N) is 1. The SMILES string of the molecule is COC(=O)COc1cc(Br)c(/C=N\NC(=O)CSc2nc(C)cc(C)n2)cc1OC. The number of methoxy groups -OCH3 is 2. The molecule has 0 bridgehead atoms. The van der Waals surface area contributed by atoms with Crippen LogP contribution in [-0.4, -0.2) is 54.6 Å². The highest BCUT2D eigenvalue weighted by Crippen LogP contribution is 2.33. The highest BCUT2D eigenvalue weighted by atomic mass is 79.9. The number of aryl methyl sites for hydroxylation is 2. The van der Waals surface area contributed by atoms with E-state index in [1.54, 1.807) is 12.1 Å². The lowest BCUT2D eigenvalue weighted by atomic mass is 10.2. The zero-order chi connectivity index (χ0) is 22.1. The van der Waals surface area contributed by atoms with Gasteiger partial charge < -0.3 is 14.2 Å². The Balaban J connectivity index is 1.96. The van der Waals surface area contributed by atoms with E-state index >= 15 is 0 Å². The van der Waals surface area contributed by atoms with Crippen LogP contribution in [0.25, 0.3) is 0 Å². The second-order valence-corrected chi connectivity index (χ2v) is 7.70. The van der Waals surface area contributed by atoms with Crippen LogP contribution >= 0.6 is 27.7 Å². The number of hydrazone groups is 1. The minimum atomic E-state index is -0.509. The van der Waals surface area contributed by atoms with Crippen LogP contribution in [0.2, 0.25) is 0 Å². The van der Waals surface area contributed by atoms with Crippen molar-refractivity contribution in [1.82, 2.24) is 15.4 Å². The molecule has 0 spiro atoms. The van der Waals surface area contributed by atoms with Crippen molar-refractivity contribution in [1.29, 1.82) is 0 Å². The Labute approximate surface area is 186 Å². The molecule has 30 heavy (non-hydrogen) atoms. The Bertz CT molecular complexity index is 935. The van der Waals surface area contributed by atoms with Crippen molar-refractivity contribution in [2.24, 2.45) is 5.10 Å². The number of thioether (sulfide) groups is 1. The van der Waals surface area contributed by atoms with Crippen LogP contribution in [-0.2, 0) is 14.3 Å². The van der Waals surface area contributed by atoms with Crippen molar-refractivity contribution < 1.29 is 23.8 Å². The molecule has 0 unspecified atom stereocenters. The number of carbonyl (C=O) groups excluding carboxylic acids is 2. The number of amides is 1. The summed E-state index contributed by atoms with van der Waals surface area (Å²) in [5.74, 6) is 0.0920. The van der Waals surface area contributed by atoms with Crippen molar-refractivity contribution in [3.8, 4) is 11.5 Å². The maximum Gasteiger partial charge on any atom is 0.343 e. The number of ether oxygens (including phenoxy) is 3. The third-order valence-electron chi connectivity index (χ3n) is 3.54. The summed E-state index contributed by atoms with van der Waals surface area (Å²) in [5, 5.41) is 4.51. The number of halogens is 1. The van der Waals surface area contributed by atoms with Crippen LogP contribution in [0, 0.1) is 13.8 Å². The monoisotopic (exact) mass is 496 g/mol. The van der Waals surface area contributed by atoms with Crippen molar-refractivity contribution >= 4 is 45.8 Å². The molecule has 1 aromatic heterocycles. The van der Waals surface area contributed by atoms with Crippen LogP contribution in [0.5, 0.6) is 11.5 Å². The van der Waals surface area contributed by atoms with Gasteiger partial charge in [-0.1, -0.05) is 11.8 Å². The molecule has 160 valence electrons. The van der Waals surface area contributed by atoms with E-state index < -0.39 is 5.97 Å². The highest BCUT2D eigenvalue weighted by molar-refractivity contribution is 9.10. The quantitative estimate of drug-likeness (QED) is 0.185. The average Bonchev–Trinajstić information content (AvgIpc) is 2.71. The first-order valence-electron chi connectivity index (χ1n) is 8.66. The first-order valence-corrected chi connectivity index (χ1v) is 10.4. The molecule has 0 fully saturated rings. The highest BCUT2D eigenvalue weighted by Gasteiger charge is 2.12. The van der Waals surface area contributed by atoms with E-state index in [0.29, 0.717) is 26.7 Å². The first-order chi connectivity index (χ1) is 14.3. The van der Waals surface area contributed by atoms with Gasteiger partial charge in [-0.2, -0.15) is 5.10 Å². The largest absolute Gasteiger partial charge is 0.493 e. The zero-order valence-electron chi connectivity index (χ0n) is 16.9. The molecule has 0 saturated carbocycles. The molecule has 0 radical (unpaired) electrons. The van der Waals surface area contributed by atoms with Crippen LogP contribution in [0.4, 0.5) is 0 Å². The summed E-state index contributed by atoms with van der Waals surface area (Å²) >= 11 is 4.63. The number of carbonyl (C=O) groups is 2. The molecule has 0 aliphatic rings. The molecule has 1 amide bonds. The molecular formula is C19H21BrN4O5S. The van der Waals surface area contributed by atoms with Crippen molar-refractivity contribution in [2.75, 3.05) is 26.6 Å². The molecule has 11 heteroatoms. The Hall–Kier alpha value is -2.66. The Kier molecular flexibility index (Phi) is 9.06. The lowest BCUT2D eigenvalue weighted by Crippen LogP contribution is -2.20. The summed E-state index contributed by atoms with van der Waals surface area (Å²) in [7, 11) is 2.75. The normalized spacial score (nSPS) is 10.7. The predicted molar refractivity (Wildman–Crippen MR) is 116 cm³/mol. The zero-order valence-corrected chi connectivity index (χ0v) is 19.3. The third kappa shape index (κ3) is 7.30. The van der Waals surface area contributed by atoms with Crippen molar-refractivity contribution in [3.63, 3.8) is 0 Å². The van der Waals surface area contributed by atoms with E-state index in [2.05, 4.69) is 41.2 Å². The van der Waals surface area contributed by atoms with Gasteiger partial charge >= 0.3 is 5.97 Å². The second kappa shape index (κ2) is 11.5. The van der Waals surface area contributed by atoms with Gasteiger partial charge in [0.2, 0.25) is 0 Å². The average molecular weight is 497 g/mol. The van der Waals surface area contributed by atoms with E-state index in [-0.39, 0.29) is 18.3 Å². The van der Waals surface area contributed by atoms with Gasteiger partial charge in [-0.3, -0.25) is 4.79 Å². The van der Waals surface area contributed by atoms with Gasteiger partial charge in [0.15, 0.2) is 23.3 Å². The van der Waals surface area contributed by atoms with Gasteiger partial charge in [-0.15, -0.1) is 0 Å². The Morgan fingerprint density at radius 2 is 1.87 bits per heavy atom. The molecule has 0 saturated heterocycles. The smallest absolute Gasteiger partial charge is 0.343 e. The Morgan fingerprint density at radius 3 is 2.50 bits per heavy atom. The molecule has 2 aromatic rings. The second-order valence-electron chi connectivity index (χ2n) is 5.90. The minimum Gasteiger partial charge on any atom is -0.493 e. The van der Waals surface area contributed by atoms with Crippen LogP contribution in [0.15, 0.2) is 32.9 Å². The van der Waals surface area contributed by atoms with Gasteiger partial charge in [0.05, 0.1) is 26.2 Å². The summed E-state index contributed by atoms with van der Waals surface area (Å²) in [4.78, 5) is 31.8. The van der Waals surface area contributed by atoms with Crippen molar-refractivity contribution in [3.05, 3.63) is 39.6 Å². The van der Waals surface area contributed by atoms with Crippen LogP contribution in [0.3, 0.4) is 0 Å². The minimum absolute atomic E-state index is 0.130. The fourth-order valence-electron chi connectivity index (χ4n) is 2.21. The predicted octanol–water partition coefficient (Wildman–Crippen LogP) is 2.66. The number of aromatic nitrogens is 2. The van der Waals surface area contributed by atoms with Gasteiger partial charge in [0.1, 0.15) is 0 Å². The van der Waals surface area contributed by atoms with Crippen LogP contribution in [0.1, 0.15) is 17.0 Å². The molecular weight excluding hydrogens is 476 g/mol. The summed E-state index contributed by atoms with van der Waals surface area (Å²) in [5.41, 5.74) is 4.80.